The number of rotatable bonds is 3. The Balaban J connectivity index is 2.39. The number of hydrogen-bond donors (Lipinski definition) is 0. The van der Waals surface area contributed by atoms with Crippen LogP contribution in [0.15, 0.2) is 45.3 Å². The second-order valence-corrected chi connectivity index (χ2v) is 5.53. The summed E-state index contributed by atoms with van der Waals surface area (Å²) in [5, 5.41) is 19.7. The molecule has 0 atom stereocenters. The van der Waals surface area contributed by atoms with E-state index in [-0.39, 0.29) is 5.69 Å². The van der Waals surface area contributed by atoms with E-state index in [4.69, 9.17) is 10.00 Å². The van der Waals surface area contributed by atoms with E-state index >= 15 is 0 Å². The number of hydrogen-bond acceptors (Lipinski definition) is 4. The second kappa shape index (κ2) is 6.03. The van der Waals surface area contributed by atoms with Gasteiger partial charge in [0.05, 0.1) is 27.1 Å². The molecule has 0 aliphatic carbocycles. The summed E-state index contributed by atoms with van der Waals surface area (Å²) in [6, 6.07) is 11.1. The zero-order chi connectivity index (χ0) is 14.7. The van der Waals surface area contributed by atoms with E-state index in [2.05, 4.69) is 31.9 Å². The summed E-state index contributed by atoms with van der Waals surface area (Å²) in [5.74, 6) is 0.721. The van der Waals surface area contributed by atoms with Crippen molar-refractivity contribution in [2.45, 2.75) is 0 Å². The van der Waals surface area contributed by atoms with Crippen molar-refractivity contribution >= 4 is 37.5 Å². The van der Waals surface area contributed by atoms with Crippen LogP contribution in [0.1, 0.15) is 5.56 Å². The van der Waals surface area contributed by atoms with Crippen LogP contribution in [-0.4, -0.2) is 4.92 Å². The molecule has 0 unspecified atom stereocenters. The van der Waals surface area contributed by atoms with Gasteiger partial charge in [-0.1, -0.05) is 15.9 Å². The van der Waals surface area contributed by atoms with Gasteiger partial charge in [-0.15, -0.1) is 0 Å². The molecule has 2 rings (SSSR count). The van der Waals surface area contributed by atoms with Crippen molar-refractivity contribution in [1.29, 1.82) is 5.26 Å². The lowest BCUT2D eigenvalue weighted by Crippen LogP contribution is -1.91. The topological polar surface area (TPSA) is 76.2 Å². The smallest absolute Gasteiger partial charge is 0.273 e. The predicted molar refractivity (Wildman–Crippen MR) is 79.7 cm³/mol. The van der Waals surface area contributed by atoms with Crippen LogP contribution < -0.4 is 4.74 Å². The van der Waals surface area contributed by atoms with Crippen molar-refractivity contribution in [3.05, 3.63) is 61.0 Å². The molecule has 0 saturated carbocycles. The molecule has 0 amide bonds. The monoisotopic (exact) mass is 396 g/mol. The normalized spacial score (nSPS) is 9.85. The molecule has 0 aliphatic rings. The Bertz CT molecular complexity index is 726. The lowest BCUT2D eigenvalue weighted by atomic mass is 10.2. The Morgan fingerprint density at radius 1 is 1.20 bits per heavy atom. The molecule has 2 aromatic rings. The third-order valence-corrected chi connectivity index (χ3v) is 3.47. The highest BCUT2D eigenvalue weighted by molar-refractivity contribution is 9.10. The van der Waals surface area contributed by atoms with E-state index in [1.165, 1.54) is 18.2 Å². The first-order chi connectivity index (χ1) is 9.49. The molecule has 0 aromatic heterocycles. The van der Waals surface area contributed by atoms with Crippen LogP contribution >= 0.6 is 31.9 Å². The zero-order valence-electron chi connectivity index (χ0n) is 9.84. The third-order valence-electron chi connectivity index (χ3n) is 2.35. The number of benzene rings is 2. The van der Waals surface area contributed by atoms with Crippen molar-refractivity contribution in [3.8, 4) is 17.6 Å². The quantitative estimate of drug-likeness (QED) is 0.551. The van der Waals surface area contributed by atoms with Crippen molar-refractivity contribution in [3.63, 3.8) is 0 Å². The van der Waals surface area contributed by atoms with E-state index in [1.807, 2.05) is 6.07 Å². The van der Waals surface area contributed by atoms with Gasteiger partial charge in [-0.3, -0.25) is 10.1 Å². The fraction of sp³-hybridized carbons (Fsp3) is 0. The van der Waals surface area contributed by atoms with Gasteiger partial charge in [0, 0.05) is 10.5 Å². The van der Waals surface area contributed by atoms with Crippen LogP contribution in [0, 0.1) is 21.4 Å². The highest BCUT2D eigenvalue weighted by Gasteiger charge is 2.12. The van der Waals surface area contributed by atoms with E-state index in [9.17, 15) is 10.1 Å². The van der Waals surface area contributed by atoms with E-state index in [1.54, 1.807) is 18.2 Å². The molecule has 2 aromatic carbocycles. The first-order valence-electron chi connectivity index (χ1n) is 5.32. The number of nitriles is 1. The first-order valence-corrected chi connectivity index (χ1v) is 6.90. The minimum Gasteiger partial charge on any atom is -0.456 e. The molecule has 100 valence electrons. The molecule has 5 nitrogen and oxygen atoms in total. The van der Waals surface area contributed by atoms with Gasteiger partial charge in [-0.25, -0.2) is 0 Å². The van der Waals surface area contributed by atoms with Gasteiger partial charge in [0.15, 0.2) is 0 Å². The molecule has 20 heavy (non-hydrogen) atoms. The third kappa shape index (κ3) is 3.35. The van der Waals surface area contributed by atoms with Crippen molar-refractivity contribution in [1.82, 2.24) is 0 Å². The molecule has 7 heteroatoms. The van der Waals surface area contributed by atoms with Gasteiger partial charge in [0.1, 0.15) is 11.5 Å². The first kappa shape index (κ1) is 14.5. The van der Waals surface area contributed by atoms with Crippen LogP contribution in [0.4, 0.5) is 5.69 Å². The number of nitro benzene ring substituents is 1. The Hall–Kier alpha value is -1.91. The number of nitro groups is 1. The maximum absolute atomic E-state index is 10.8. The van der Waals surface area contributed by atoms with Crippen molar-refractivity contribution in [2.24, 2.45) is 0 Å². The largest absolute Gasteiger partial charge is 0.456 e. The van der Waals surface area contributed by atoms with Gasteiger partial charge in [0.2, 0.25) is 0 Å². The summed E-state index contributed by atoms with van der Waals surface area (Å²) >= 11 is 6.54. The van der Waals surface area contributed by atoms with Crippen LogP contribution in [0.25, 0.3) is 0 Å². The fourth-order valence-corrected chi connectivity index (χ4v) is 2.30. The lowest BCUT2D eigenvalue weighted by molar-refractivity contribution is -0.384. The van der Waals surface area contributed by atoms with Gasteiger partial charge < -0.3 is 4.74 Å². The molecule has 0 N–H and O–H groups in total. The maximum Gasteiger partial charge on any atom is 0.273 e. The summed E-state index contributed by atoms with van der Waals surface area (Å²) in [4.78, 5) is 10.3. The second-order valence-electron chi connectivity index (χ2n) is 3.76. The highest BCUT2D eigenvalue weighted by Crippen LogP contribution is 2.34. The summed E-state index contributed by atoms with van der Waals surface area (Å²) in [6.45, 7) is 0. The average molecular weight is 398 g/mol. The molecule has 0 fully saturated rings. The Labute approximate surface area is 131 Å². The number of nitrogens with zero attached hydrogens (tertiary/aromatic N) is 2. The van der Waals surface area contributed by atoms with Crippen LogP contribution in [0.3, 0.4) is 0 Å². The summed E-state index contributed by atoms with van der Waals surface area (Å²) in [6.07, 6.45) is 0. The van der Waals surface area contributed by atoms with Gasteiger partial charge in [-0.2, -0.15) is 5.26 Å². The zero-order valence-corrected chi connectivity index (χ0v) is 13.0. The van der Waals surface area contributed by atoms with Crippen LogP contribution in [-0.2, 0) is 0 Å². The van der Waals surface area contributed by atoms with Gasteiger partial charge in [0.25, 0.3) is 5.69 Å². The summed E-state index contributed by atoms with van der Waals surface area (Å²) in [7, 11) is 0. The molecule has 0 bridgehead atoms. The Morgan fingerprint density at radius 2 is 1.95 bits per heavy atom. The maximum atomic E-state index is 10.8. The molecular formula is C13H6Br2N2O3. The molecule has 0 spiro atoms. The molecule has 0 aliphatic heterocycles. The lowest BCUT2D eigenvalue weighted by Gasteiger charge is -2.08. The van der Waals surface area contributed by atoms with Gasteiger partial charge in [-0.05, 0) is 40.2 Å². The van der Waals surface area contributed by atoms with Crippen molar-refractivity contribution < 1.29 is 9.66 Å². The fourth-order valence-electron chi connectivity index (χ4n) is 1.50. The van der Waals surface area contributed by atoms with Crippen LogP contribution in [0.2, 0.25) is 0 Å². The predicted octanol–water partition coefficient (Wildman–Crippen LogP) is 4.78. The van der Waals surface area contributed by atoms with E-state index < -0.39 is 4.92 Å². The molecule has 0 heterocycles. The Morgan fingerprint density at radius 3 is 2.60 bits per heavy atom. The van der Waals surface area contributed by atoms with Crippen LogP contribution in [0.5, 0.6) is 11.5 Å². The molecule has 0 saturated heterocycles. The SMILES string of the molecule is N#Cc1cc(Br)cc(Oc2cc([N+](=O)[O-])ccc2Br)c1. The summed E-state index contributed by atoms with van der Waals surface area (Å²) in [5.41, 5.74) is 0.356. The standard InChI is InChI=1S/C13H6Br2N2O3/c14-9-3-8(7-16)4-11(5-9)20-13-6-10(17(18)19)1-2-12(13)15/h1-6H. The molecule has 0 radical (unpaired) electrons. The average Bonchev–Trinajstić information content (AvgIpc) is 2.40. The minimum absolute atomic E-state index is 0.0706. The number of non-ortho nitro benzene ring substituents is 1. The summed E-state index contributed by atoms with van der Waals surface area (Å²) < 4.78 is 6.86. The molecular weight excluding hydrogens is 392 g/mol. The minimum atomic E-state index is -0.499. The van der Waals surface area contributed by atoms with Crippen molar-refractivity contribution in [2.75, 3.05) is 0 Å². The van der Waals surface area contributed by atoms with E-state index in [0.717, 1.165) is 0 Å². The number of ether oxygens (including phenoxy) is 1. The highest BCUT2D eigenvalue weighted by atomic mass is 79.9. The van der Waals surface area contributed by atoms with Gasteiger partial charge >= 0.3 is 0 Å². The Kier molecular flexibility index (Phi) is 4.37. The van der Waals surface area contributed by atoms with E-state index in [0.29, 0.717) is 26.0 Å². The number of halogens is 2.